The Bertz CT molecular complexity index is 686. The number of ether oxygens (including phenoxy) is 2. The molecule has 0 aromatic carbocycles. The number of rotatable bonds is 2. The molecule has 8 atom stereocenters. The van der Waals surface area contributed by atoms with Crippen LogP contribution in [0.15, 0.2) is 0 Å². The van der Waals surface area contributed by atoms with Crippen LogP contribution in [-0.4, -0.2) is 29.9 Å². The highest BCUT2D eigenvalue weighted by molar-refractivity contribution is 5.86. The van der Waals surface area contributed by atoms with Gasteiger partial charge in [0, 0.05) is 25.7 Å². The van der Waals surface area contributed by atoms with Gasteiger partial charge in [-0.05, 0) is 74.0 Å². The number of Topliss-reactive ketones (excluding diaryl/α,β-unsaturated/α-hetero) is 1. The van der Waals surface area contributed by atoms with Gasteiger partial charge in [0.1, 0.15) is 6.10 Å². The van der Waals surface area contributed by atoms with Crippen LogP contribution >= 0.6 is 0 Å². The third kappa shape index (κ3) is 3.00. The van der Waals surface area contributed by atoms with Gasteiger partial charge in [0.15, 0.2) is 11.9 Å². The standard InChI is InChI=1S/C23H34O5/c1-13(24)27-20-11-15-5-6-16-17-7-8-21(28-14(2)25)22(17,3)10-9-18(16)23(15,4)12-19(20)26/h15-18,20-21H,5-12H2,1-4H3/t15?,16-,17-,18-,20?,21?,22-,23-/m0/s1. The maximum absolute atomic E-state index is 12.8. The fourth-order valence-corrected chi connectivity index (χ4v) is 7.74. The number of hydrogen-bond acceptors (Lipinski definition) is 5. The molecule has 28 heavy (non-hydrogen) atoms. The first kappa shape index (κ1) is 19.9. The Morgan fingerprint density at radius 3 is 2.25 bits per heavy atom. The molecule has 4 rings (SSSR count). The third-order valence-corrected chi connectivity index (χ3v) is 9.01. The second-order valence-corrected chi connectivity index (χ2v) is 10.4. The highest BCUT2D eigenvalue weighted by Gasteiger charge is 2.62. The molecule has 0 saturated heterocycles. The monoisotopic (exact) mass is 390 g/mol. The zero-order valence-electron chi connectivity index (χ0n) is 17.7. The summed E-state index contributed by atoms with van der Waals surface area (Å²) in [5.41, 5.74) is 0.0898. The van der Waals surface area contributed by atoms with E-state index < -0.39 is 6.10 Å². The molecule has 0 heterocycles. The third-order valence-electron chi connectivity index (χ3n) is 9.01. The number of esters is 2. The van der Waals surface area contributed by atoms with Gasteiger partial charge in [-0.1, -0.05) is 13.8 Å². The summed E-state index contributed by atoms with van der Waals surface area (Å²) in [6.45, 7) is 7.55. The summed E-state index contributed by atoms with van der Waals surface area (Å²) in [5, 5.41) is 0. The van der Waals surface area contributed by atoms with Crippen LogP contribution in [0.4, 0.5) is 0 Å². The first-order valence-electron chi connectivity index (χ1n) is 11.0. The van der Waals surface area contributed by atoms with Crippen LogP contribution in [0, 0.1) is 34.5 Å². The number of carbonyl (C=O) groups is 3. The minimum atomic E-state index is -0.541. The molecule has 4 fully saturated rings. The molecule has 0 spiro atoms. The Morgan fingerprint density at radius 2 is 1.57 bits per heavy atom. The molecule has 4 aliphatic carbocycles. The van der Waals surface area contributed by atoms with Crippen LogP contribution < -0.4 is 0 Å². The van der Waals surface area contributed by atoms with E-state index in [4.69, 9.17) is 9.47 Å². The number of fused-ring (bicyclic) bond motifs is 5. The molecule has 3 unspecified atom stereocenters. The molecule has 156 valence electrons. The molecule has 4 saturated carbocycles. The van der Waals surface area contributed by atoms with Crippen molar-refractivity contribution in [3.63, 3.8) is 0 Å². The van der Waals surface area contributed by atoms with E-state index >= 15 is 0 Å². The lowest BCUT2D eigenvalue weighted by Crippen LogP contribution is -2.56. The fourth-order valence-electron chi connectivity index (χ4n) is 7.74. The average molecular weight is 391 g/mol. The van der Waals surface area contributed by atoms with Crippen molar-refractivity contribution in [3.05, 3.63) is 0 Å². The van der Waals surface area contributed by atoms with Gasteiger partial charge < -0.3 is 9.47 Å². The van der Waals surface area contributed by atoms with Gasteiger partial charge in [-0.25, -0.2) is 0 Å². The van der Waals surface area contributed by atoms with E-state index in [2.05, 4.69) is 13.8 Å². The Kier molecular flexibility index (Phi) is 4.86. The predicted molar refractivity (Wildman–Crippen MR) is 103 cm³/mol. The minimum absolute atomic E-state index is 0.0114. The van der Waals surface area contributed by atoms with Crippen LogP contribution in [0.5, 0.6) is 0 Å². The topological polar surface area (TPSA) is 69.7 Å². The highest BCUT2D eigenvalue weighted by atomic mass is 16.5. The van der Waals surface area contributed by atoms with E-state index in [1.54, 1.807) is 0 Å². The van der Waals surface area contributed by atoms with E-state index in [1.165, 1.54) is 20.3 Å². The van der Waals surface area contributed by atoms with Crippen molar-refractivity contribution in [3.8, 4) is 0 Å². The van der Waals surface area contributed by atoms with E-state index in [-0.39, 0.29) is 34.7 Å². The van der Waals surface area contributed by atoms with Gasteiger partial charge in [0.25, 0.3) is 0 Å². The molecule has 0 bridgehead atoms. The van der Waals surface area contributed by atoms with Crippen molar-refractivity contribution in [2.45, 2.75) is 91.3 Å². The largest absolute Gasteiger partial charge is 0.462 e. The van der Waals surface area contributed by atoms with E-state index in [0.717, 1.165) is 32.1 Å². The Morgan fingerprint density at radius 1 is 0.893 bits per heavy atom. The van der Waals surface area contributed by atoms with Crippen LogP contribution in [0.2, 0.25) is 0 Å². The maximum Gasteiger partial charge on any atom is 0.303 e. The van der Waals surface area contributed by atoms with Crippen LogP contribution in [0.1, 0.15) is 79.1 Å². The zero-order valence-corrected chi connectivity index (χ0v) is 17.7. The molecular formula is C23H34O5. The summed E-state index contributed by atoms with van der Waals surface area (Å²) in [6.07, 6.45) is 7.28. The summed E-state index contributed by atoms with van der Waals surface area (Å²) in [4.78, 5) is 35.8. The summed E-state index contributed by atoms with van der Waals surface area (Å²) in [7, 11) is 0. The quantitative estimate of drug-likeness (QED) is 0.665. The summed E-state index contributed by atoms with van der Waals surface area (Å²) in [5.74, 6) is 1.76. The maximum atomic E-state index is 12.8. The SMILES string of the molecule is CC(=O)OC1CC2CC[C@@H]3[C@H](CC[C@]4(C)C(OC(C)=O)CC[C@@H]34)[C@@]2(C)CC1=O. The lowest BCUT2D eigenvalue weighted by molar-refractivity contribution is -0.174. The molecule has 5 nitrogen and oxygen atoms in total. The predicted octanol–water partition coefficient (Wildman–Crippen LogP) is 4.07. The second-order valence-electron chi connectivity index (χ2n) is 10.4. The zero-order chi connectivity index (χ0) is 20.3. The summed E-state index contributed by atoms with van der Waals surface area (Å²) >= 11 is 0. The Labute approximate surface area is 167 Å². The van der Waals surface area contributed by atoms with Crippen LogP contribution in [0.25, 0.3) is 0 Å². The highest BCUT2D eigenvalue weighted by Crippen LogP contribution is 2.66. The molecule has 5 heteroatoms. The van der Waals surface area contributed by atoms with Gasteiger partial charge in [-0.3, -0.25) is 14.4 Å². The number of carbonyl (C=O) groups excluding carboxylic acids is 3. The van der Waals surface area contributed by atoms with Gasteiger partial charge in [0.05, 0.1) is 0 Å². The van der Waals surface area contributed by atoms with Crippen molar-refractivity contribution in [2.75, 3.05) is 0 Å². The van der Waals surface area contributed by atoms with Gasteiger partial charge in [-0.15, -0.1) is 0 Å². The fraction of sp³-hybridized carbons (Fsp3) is 0.870. The molecule has 0 aromatic heterocycles. The lowest BCUT2D eigenvalue weighted by atomic mass is 9.45. The van der Waals surface area contributed by atoms with Crippen molar-refractivity contribution in [1.82, 2.24) is 0 Å². The molecule has 0 radical (unpaired) electrons. The summed E-state index contributed by atoms with van der Waals surface area (Å²) < 4.78 is 11.1. The first-order chi connectivity index (χ1) is 13.1. The molecular weight excluding hydrogens is 356 g/mol. The molecule has 0 aromatic rings. The first-order valence-corrected chi connectivity index (χ1v) is 11.0. The van der Waals surface area contributed by atoms with Crippen LogP contribution in [-0.2, 0) is 23.9 Å². The molecule has 0 N–H and O–H groups in total. The Hall–Kier alpha value is -1.39. The molecule has 4 aliphatic rings. The van der Waals surface area contributed by atoms with Crippen molar-refractivity contribution < 1.29 is 23.9 Å². The van der Waals surface area contributed by atoms with Gasteiger partial charge in [-0.2, -0.15) is 0 Å². The number of hydrogen-bond donors (Lipinski definition) is 0. The summed E-state index contributed by atoms with van der Waals surface area (Å²) in [6, 6.07) is 0. The lowest BCUT2D eigenvalue weighted by Gasteiger charge is -2.60. The van der Waals surface area contributed by atoms with E-state index in [9.17, 15) is 14.4 Å². The van der Waals surface area contributed by atoms with Gasteiger partial charge >= 0.3 is 11.9 Å². The Balaban J connectivity index is 1.55. The second kappa shape index (κ2) is 6.84. The van der Waals surface area contributed by atoms with Crippen molar-refractivity contribution in [1.29, 1.82) is 0 Å². The minimum Gasteiger partial charge on any atom is -0.462 e. The smallest absolute Gasteiger partial charge is 0.303 e. The van der Waals surface area contributed by atoms with Gasteiger partial charge in [0.2, 0.25) is 0 Å². The molecule has 0 aliphatic heterocycles. The average Bonchev–Trinajstić information content (AvgIpc) is 2.91. The molecule has 0 amide bonds. The van der Waals surface area contributed by atoms with E-state index in [1.807, 2.05) is 0 Å². The normalized spacial score (nSPS) is 47.5. The van der Waals surface area contributed by atoms with E-state index in [0.29, 0.717) is 36.5 Å². The van der Waals surface area contributed by atoms with Crippen molar-refractivity contribution in [2.24, 2.45) is 34.5 Å². The van der Waals surface area contributed by atoms with Crippen LogP contribution in [0.3, 0.4) is 0 Å². The van der Waals surface area contributed by atoms with Crippen molar-refractivity contribution >= 4 is 17.7 Å². The number of ketones is 1.